The third-order valence-corrected chi connectivity index (χ3v) is 5.37. The van der Waals surface area contributed by atoms with Crippen LogP contribution in [0, 0.1) is 0 Å². The van der Waals surface area contributed by atoms with E-state index >= 15 is 0 Å². The van der Waals surface area contributed by atoms with Crippen LogP contribution in [-0.4, -0.2) is 39.4 Å². The van der Waals surface area contributed by atoms with Gasteiger partial charge in [-0.2, -0.15) is 0 Å². The fourth-order valence-corrected chi connectivity index (χ4v) is 3.78. The van der Waals surface area contributed by atoms with Crippen molar-refractivity contribution in [1.29, 1.82) is 0 Å². The molecule has 1 aromatic rings. The maximum absolute atomic E-state index is 12.1. The van der Waals surface area contributed by atoms with E-state index in [-0.39, 0.29) is 23.8 Å². The molecule has 0 saturated carbocycles. The number of sulfonamides is 1. The molecule has 7 nitrogen and oxygen atoms in total. The van der Waals surface area contributed by atoms with Crippen LogP contribution in [0.1, 0.15) is 20.3 Å². The van der Waals surface area contributed by atoms with Gasteiger partial charge in [-0.05, 0) is 41.9 Å². The minimum absolute atomic E-state index is 0.0579. The number of hydrogen-bond donors (Lipinski definition) is 3. The second-order valence-corrected chi connectivity index (χ2v) is 7.35. The molecule has 3 N–H and O–H groups in total. The molecule has 9 heteroatoms. The molecular formula is C14H20BrN3O4S. The van der Waals surface area contributed by atoms with Gasteiger partial charge in [0.2, 0.25) is 21.8 Å². The predicted molar refractivity (Wildman–Crippen MR) is 90.2 cm³/mol. The molecular weight excluding hydrogens is 386 g/mol. The highest BCUT2D eigenvalue weighted by molar-refractivity contribution is 9.10. The number of carbonyl (C=O) groups excluding carboxylic acids is 2. The van der Waals surface area contributed by atoms with Crippen LogP contribution in [0.3, 0.4) is 0 Å². The normalized spacial score (nSPS) is 12.5. The summed E-state index contributed by atoms with van der Waals surface area (Å²) < 4.78 is 27.0. The Bertz CT molecular complexity index is 664. The highest BCUT2D eigenvalue weighted by atomic mass is 79.9. The Balaban J connectivity index is 2.49. The highest BCUT2D eigenvalue weighted by Crippen LogP contribution is 2.20. The zero-order valence-corrected chi connectivity index (χ0v) is 15.3. The van der Waals surface area contributed by atoms with Gasteiger partial charge in [0, 0.05) is 24.0 Å². The minimum Gasteiger partial charge on any atom is -0.355 e. The zero-order chi connectivity index (χ0) is 17.5. The number of likely N-dealkylation sites (N-methyl/N-ethyl adjacent to an activating group) is 1. The maximum atomic E-state index is 12.1. The quantitative estimate of drug-likeness (QED) is 0.593. The van der Waals surface area contributed by atoms with Gasteiger partial charge < -0.3 is 10.6 Å². The fourth-order valence-electron chi connectivity index (χ4n) is 1.75. The van der Waals surface area contributed by atoms with E-state index < -0.39 is 22.0 Å². The molecule has 0 fully saturated rings. The van der Waals surface area contributed by atoms with Crippen LogP contribution in [0.2, 0.25) is 0 Å². The van der Waals surface area contributed by atoms with Gasteiger partial charge in [-0.3, -0.25) is 9.59 Å². The molecule has 0 saturated heterocycles. The van der Waals surface area contributed by atoms with Gasteiger partial charge in [0.25, 0.3) is 0 Å². The number of halogens is 1. The molecule has 0 radical (unpaired) electrons. The van der Waals surface area contributed by atoms with E-state index in [9.17, 15) is 18.0 Å². The Morgan fingerprint density at radius 1 is 1.26 bits per heavy atom. The number of hydrogen-bond acceptors (Lipinski definition) is 4. The van der Waals surface area contributed by atoms with Crippen LogP contribution in [0.25, 0.3) is 0 Å². The maximum Gasteiger partial charge on any atom is 0.242 e. The van der Waals surface area contributed by atoms with Gasteiger partial charge in [0.05, 0.1) is 4.90 Å². The average molecular weight is 406 g/mol. The second kappa shape index (κ2) is 8.99. The molecule has 1 aromatic carbocycles. The van der Waals surface area contributed by atoms with Gasteiger partial charge in [-0.15, -0.1) is 0 Å². The lowest BCUT2D eigenvalue weighted by molar-refractivity contribution is -0.128. The van der Waals surface area contributed by atoms with E-state index in [2.05, 4.69) is 31.3 Å². The van der Waals surface area contributed by atoms with Gasteiger partial charge in [0.15, 0.2) is 0 Å². The van der Waals surface area contributed by atoms with Crippen molar-refractivity contribution < 1.29 is 18.0 Å². The van der Waals surface area contributed by atoms with Gasteiger partial charge >= 0.3 is 0 Å². The van der Waals surface area contributed by atoms with Crippen molar-refractivity contribution in [2.45, 2.75) is 31.2 Å². The summed E-state index contributed by atoms with van der Waals surface area (Å²) in [7, 11) is -3.70. The molecule has 0 aliphatic rings. The molecule has 128 valence electrons. The van der Waals surface area contributed by atoms with Crippen LogP contribution < -0.4 is 15.4 Å². The number of amides is 2. The summed E-state index contributed by atoms with van der Waals surface area (Å²) in [4.78, 5) is 23.3. The smallest absolute Gasteiger partial charge is 0.242 e. The first-order chi connectivity index (χ1) is 10.8. The monoisotopic (exact) mass is 405 g/mol. The lowest BCUT2D eigenvalue weighted by Crippen LogP contribution is -2.45. The summed E-state index contributed by atoms with van der Waals surface area (Å²) in [5.41, 5.74) is 0. The van der Waals surface area contributed by atoms with Crippen molar-refractivity contribution >= 4 is 37.8 Å². The standard InChI is InChI=1S/C14H20BrN3O4S/c1-3-16-14(20)10(2)18-13(19)8-9-17-23(21,22)12-7-5-4-6-11(12)15/h4-7,10,17H,3,8-9H2,1-2H3,(H,16,20)(H,18,19)/t10-/m0/s1. The summed E-state index contributed by atoms with van der Waals surface area (Å²) in [6.45, 7) is 3.76. The van der Waals surface area contributed by atoms with Gasteiger partial charge in [-0.1, -0.05) is 12.1 Å². The van der Waals surface area contributed by atoms with E-state index in [0.29, 0.717) is 11.0 Å². The van der Waals surface area contributed by atoms with Crippen molar-refractivity contribution in [3.8, 4) is 0 Å². The summed E-state index contributed by atoms with van der Waals surface area (Å²) in [5.74, 6) is -0.687. The van der Waals surface area contributed by atoms with E-state index in [1.807, 2.05) is 0 Å². The number of carbonyl (C=O) groups is 2. The summed E-state index contributed by atoms with van der Waals surface area (Å²) >= 11 is 3.17. The number of benzene rings is 1. The van der Waals surface area contributed by atoms with E-state index in [1.54, 1.807) is 32.0 Å². The Morgan fingerprint density at radius 2 is 1.91 bits per heavy atom. The zero-order valence-electron chi connectivity index (χ0n) is 12.9. The molecule has 0 aliphatic heterocycles. The third kappa shape index (κ3) is 6.28. The first kappa shape index (κ1) is 19.6. The molecule has 2 amide bonds. The van der Waals surface area contributed by atoms with E-state index in [4.69, 9.17) is 0 Å². The van der Waals surface area contributed by atoms with Crippen LogP contribution in [0.15, 0.2) is 33.6 Å². The SMILES string of the molecule is CCNC(=O)[C@H](C)NC(=O)CCNS(=O)(=O)c1ccccc1Br. The van der Waals surface area contributed by atoms with Crippen LogP contribution >= 0.6 is 15.9 Å². The van der Waals surface area contributed by atoms with Crippen LogP contribution in [0.5, 0.6) is 0 Å². The number of nitrogens with one attached hydrogen (secondary N) is 3. The molecule has 0 aromatic heterocycles. The molecule has 23 heavy (non-hydrogen) atoms. The molecule has 0 spiro atoms. The highest BCUT2D eigenvalue weighted by Gasteiger charge is 2.18. The lowest BCUT2D eigenvalue weighted by atomic mass is 10.3. The first-order valence-corrected chi connectivity index (χ1v) is 9.36. The molecule has 0 aliphatic carbocycles. The largest absolute Gasteiger partial charge is 0.355 e. The molecule has 0 unspecified atom stereocenters. The molecule has 0 heterocycles. The Kier molecular flexibility index (Phi) is 7.66. The van der Waals surface area contributed by atoms with Crippen molar-refractivity contribution in [2.75, 3.05) is 13.1 Å². The molecule has 0 bridgehead atoms. The average Bonchev–Trinajstić information content (AvgIpc) is 2.47. The predicted octanol–water partition coefficient (Wildman–Crippen LogP) is 0.758. The number of rotatable bonds is 8. The van der Waals surface area contributed by atoms with E-state index in [1.165, 1.54) is 6.07 Å². The van der Waals surface area contributed by atoms with Crippen molar-refractivity contribution in [3.63, 3.8) is 0 Å². The summed E-state index contributed by atoms with van der Waals surface area (Å²) in [6, 6.07) is 5.74. The minimum atomic E-state index is -3.70. The van der Waals surface area contributed by atoms with Crippen LogP contribution in [-0.2, 0) is 19.6 Å². The van der Waals surface area contributed by atoms with Crippen LogP contribution in [0.4, 0.5) is 0 Å². The van der Waals surface area contributed by atoms with Crippen molar-refractivity contribution in [1.82, 2.24) is 15.4 Å². The lowest BCUT2D eigenvalue weighted by Gasteiger charge is -2.13. The Morgan fingerprint density at radius 3 is 2.52 bits per heavy atom. The molecule has 1 rings (SSSR count). The van der Waals surface area contributed by atoms with Crippen molar-refractivity contribution in [3.05, 3.63) is 28.7 Å². The Hall–Kier alpha value is -1.45. The van der Waals surface area contributed by atoms with Gasteiger partial charge in [-0.25, -0.2) is 13.1 Å². The molecule has 1 atom stereocenters. The summed E-state index contributed by atoms with van der Waals surface area (Å²) in [5, 5.41) is 5.10. The van der Waals surface area contributed by atoms with Gasteiger partial charge in [0.1, 0.15) is 6.04 Å². The Labute approximate surface area is 144 Å². The first-order valence-electron chi connectivity index (χ1n) is 7.09. The second-order valence-electron chi connectivity index (χ2n) is 4.76. The van der Waals surface area contributed by atoms with Crippen molar-refractivity contribution in [2.24, 2.45) is 0 Å². The third-order valence-electron chi connectivity index (χ3n) is 2.89. The topological polar surface area (TPSA) is 104 Å². The fraction of sp³-hybridized carbons (Fsp3) is 0.429. The van der Waals surface area contributed by atoms with E-state index in [0.717, 1.165) is 0 Å². The summed E-state index contributed by atoms with van der Waals surface area (Å²) in [6.07, 6.45) is -0.0621.